The van der Waals surface area contributed by atoms with Crippen LogP contribution in [-0.4, -0.2) is 23.7 Å². The normalized spacial score (nSPS) is 12.3. The van der Waals surface area contributed by atoms with Crippen molar-refractivity contribution in [1.29, 1.82) is 0 Å². The van der Waals surface area contributed by atoms with Crippen molar-refractivity contribution in [2.24, 2.45) is 0 Å². The van der Waals surface area contributed by atoms with Gasteiger partial charge in [-0.15, -0.1) is 0 Å². The number of alkyl halides is 2. The second-order valence-electron chi connectivity index (χ2n) is 4.00. The number of halogens is 3. The Balaban J connectivity index is 2.60. The van der Waals surface area contributed by atoms with E-state index in [9.17, 15) is 18.0 Å². The molecule has 1 rings (SSSR count). The van der Waals surface area contributed by atoms with Crippen LogP contribution in [0.5, 0.6) is 5.75 Å². The molecule has 0 saturated carbocycles. The molecule has 106 valence electrons. The highest BCUT2D eigenvalue weighted by Crippen LogP contribution is 2.23. The molecule has 0 aliphatic rings. The van der Waals surface area contributed by atoms with Crippen molar-refractivity contribution in [2.75, 3.05) is 5.32 Å². The number of anilines is 1. The van der Waals surface area contributed by atoms with Crippen LogP contribution in [0.2, 0.25) is 0 Å². The van der Waals surface area contributed by atoms with Crippen molar-refractivity contribution < 1.29 is 27.8 Å². The van der Waals surface area contributed by atoms with Gasteiger partial charge in [-0.2, -0.15) is 8.78 Å². The number of benzene rings is 1. The molecule has 0 spiro atoms. The summed E-state index contributed by atoms with van der Waals surface area (Å²) in [7, 11) is 0. The van der Waals surface area contributed by atoms with Gasteiger partial charge in [0.15, 0.2) is 11.6 Å². The van der Waals surface area contributed by atoms with Crippen LogP contribution in [0.1, 0.15) is 19.8 Å². The minimum Gasteiger partial charge on any atom is -0.481 e. The van der Waals surface area contributed by atoms with Gasteiger partial charge in [-0.25, -0.2) is 4.39 Å². The minimum absolute atomic E-state index is 0.0107. The van der Waals surface area contributed by atoms with Gasteiger partial charge in [-0.3, -0.25) is 4.79 Å². The lowest BCUT2D eigenvalue weighted by molar-refractivity contribution is -0.137. The molecule has 19 heavy (non-hydrogen) atoms. The Morgan fingerprint density at radius 1 is 1.47 bits per heavy atom. The Morgan fingerprint density at radius 3 is 2.68 bits per heavy atom. The average molecular weight is 277 g/mol. The third kappa shape index (κ3) is 5.50. The van der Waals surface area contributed by atoms with Crippen LogP contribution in [0.4, 0.5) is 18.9 Å². The van der Waals surface area contributed by atoms with Crippen molar-refractivity contribution in [3.8, 4) is 5.75 Å². The lowest BCUT2D eigenvalue weighted by atomic mass is 10.1. The maximum atomic E-state index is 13.4. The van der Waals surface area contributed by atoms with Crippen LogP contribution >= 0.6 is 0 Å². The Kier molecular flexibility index (Phi) is 5.47. The predicted molar refractivity (Wildman–Crippen MR) is 63.0 cm³/mol. The van der Waals surface area contributed by atoms with Crippen LogP contribution in [0.25, 0.3) is 0 Å². The number of hydrogen-bond acceptors (Lipinski definition) is 3. The van der Waals surface area contributed by atoms with Gasteiger partial charge in [0.25, 0.3) is 0 Å². The number of nitrogens with one attached hydrogen (secondary N) is 1. The SMILES string of the molecule is CC(CCC(=O)O)Nc1ccc(OC(F)F)c(F)c1. The summed E-state index contributed by atoms with van der Waals surface area (Å²) in [5.41, 5.74) is 0.372. The smallest absolute Gasteiger partial charge is 0.387 e. The molecule has 0 aromatic heterocycles. The largest absolute Gasteiger partial charge is 0.481 e. The summed E-state index contributed by atoms with van der Waals surface area (Å²) in [6, 6.07) is 3.32. The first-order valence-corrected chi connectivity index (χ1v) is 5.61. The zero-order chi connectivity index (χ0) is 14.4. The molecule has 0 amide bonds. The monoisotopic (exact) mass is 277 g/mol. The summed E-state index contributed by atoms with van der Waals surface area (Å²) in [5, 5.41) is 11.4. The van der Waals surface area contributed by atoms with E-state index in [0.717, 1.165) is 12.1 Å². The van der Waals surface area contributed by atoms with E-state index in [4.69, 9.17) is 5.11 Å². The molecule has 0 fully saturated rings. The molecular formula is C12H14F3NO3. The van der Waals surface area contributed by atoms with Crippen molar-refractivity contribution in [3.63, 3.8) is 0 Å². The standard InChI is InChI=1S/C12H14F3NO3/c1-7(2-5-11(17)18)16-8-3-4-10(9(13)6-8)19-12(14)15/h3-4,6-7,12,16H,2,5H2,1H3,(H,17,18). The summed E-state index contributed by atoms with van der Waals surface area (Å²) in [6.45, 7) is -1.34. The van der Waals surface area contributed by atoms with Gasteiger partial charge < -0.3 is 15.2 Å². The summed E-state index contributed by atoms with van der Waals surface area (Å²) < 4.78 is 41.2. The van der Waals surface area contributed by atoms with E-state index in [2.05, 4.69) is 10.1 Å². The minimum atomic E-state index is -3.08. The van der Waals surface area contributed by atoms with Crippen LogP contribution in [-0.2, 0) is 4.79 Å². The highest BCUT2D eigenvalue weighted by Gasteiger charge is 2.11. The summed E-state index contributed by atoms with van der Waals surface area (Å²) in [6.07, 6.45) is 0.357. The number of ether oxygens (including phenoxy) is 1. The van der Waals surface area contributed by atoms with Crippen molar-refractivity contribution in [1.82, 2.24) is 0 Å². The molecule has 7 heteroatoms. The van der Waals surface area contributed by atoms with Crippen molar-refractivity contribution in [3.05, 3.63) is 24.0 Å². The summed E-state index contributed by atoms with van der Waals surface area (Å²) in [5.74, 6) is -2.35. The van der Waals surface area contributed by atoms with E-state index < -0.39 is 24.1 Å². The van der Waals surface area contributed by atoms with Gasteiger partial charge >= 0.3 is 12.6 Å². The third-order valence-corrected chi connectivity index (χ3v) is 2.35. The molecule has 1 aromatic carbocycles. The number of carboxylic acid groups (broad SMARTS) is 1. The Morgan fingerprint density at radius 2 is 2.16 bits per heavy atom. The topological polar surface area (TPSA) is 58.6 Å². The van der Waals surface area contributed by atoms with E-state index in [1.54, 1.807) is 6.92 Å². The number of carboxylic acids is 1. The molecule has 0 radical (unpaired) electrons. The van der Waals surface area contributed by atoms with E-state index in [-0.39, 0.29) is 12.5 Å². The van der Waals surface area contributed by atoms with Gasteiger partial charge in [-0.1, -0.05) is 0 Å². The molecular weight excluding hydrogens is 263 g/mol. The summed E-state index contributed by atoms with van der Waals surface area (Å²) >= 11 is 0. The third-order valence-electron chi connectivity index (χ3n) is 2.35. The highest BCUT2D eigenvalue weighted by molar-refractivity contribution is 5.66. The molecule has 0 saturated heterocycles. The summed E-state index contributed by atoms with van der Waals surface area (Å²) in [4.78, 5) is 10.4. The number of aliphatic carboxylic acids is 1. The van der Waals surface area contributed by atoms with Crippen molar-refractivity contribution >= 4 is 11.7 Å². The molecule has 1 aromatic rings. The molecule has 1 atom stereocenters. The lowest BCUT2D eigenvalue weighted by Crippen LogP contribution is -2.16. The van der Waals surface area contributed by atoms with E-state index in [0.29, 0.717) is 12.1 Å². The van der Waals surface area contributed by atoms with Crippen LogP contribution in [0, 0.1) is 5.82 Å². The first kappa shape index (κ1) is 15.1. The van der Waals surface area contributed by atoms with E-state index in [1.165, 1.54) is 6.07 Å². The van der Waals surface area contributed by atoms with Gasteiger partial charge in [0, 0.05) is 24.2 Å². The molecule has 0 bridgehead atoms. The average Bonchev–Trinajstić information content (AvgIpc) is 2.29. The molecule has 0 heterocycles. The molecule has 2 N–H and O–H groups in total. The molecule has 0 aliphatic heterocycles. The number of rotatable bonds is 7. The van der Waals surface area contributed by atoms with Gasteiger partial charge in [-0.05, 0) is 25.5 Å². The number of hydrogen-bond donors (Lipinski definition) is 2. The Labute approximate surface area is 108 Å². The molecule has 4 nitrogen and oxygen atoms in total. The second kappa shape index (κ2) is 6.86. The highest BCUT2D eigenvalue weighted by atomic mass is 19.3. The van der Waals surface area contributed by atoms with Gasteiger partial charge in [0.2, 0.25) is 0 Å². The predicted octanol–water partition coefficient (Wildman–Crippen LogP) is 3.09. The fourth-order valence-electron chi connectivity index (χ4n) is 1.48. The quantitative estimate of drug-likeness (QED) is 0.804. The van der Waals surface area contributed by atoms with E-state index >= 15 is 0 Å². The maximum absolute atomic E-state index is 13.4. The van der Waals surface area contributed by atoms with Gasteiger partial charge in [0.1, 0.15) is 0 Å². The van der Waals surface area contributed by atoms with Crippen LogP contribution in [0.3, 0.4) is 0 Å². The van der Waals surface area contributed by atoms with Crippen LogP contribution in [0.15, 0.2) is 18.2 Å². The molecule has 0 aliphatic carbocycles. The number of carbonyl (C=O) groups is 1. The zero-order valence-electron chi connectivity index (χ0n) is 10.2. The second-order valence-corrected chi connectivity index (χ2v) is 4.00. The fraction of sp³-hybridized carbons (Fsp3) is 0.417. The molecule has 1 unspecified atom stereocenters. The Hall–Kier alpha value is -1.92. The lowest BCUT2D eigenvalue weighted by Gasteiger charge is -2.15. The maximum Gasteiger partial charge on any atom is 0.387 e. The van der Waals surface area contributed by atoms with Crippen molar-refractivity contribution in [2.45, 2.75) is 32.4 Å². The Bertz CT molecular complexity index is 440. The van der Waals surface area contributed by atoms with E-state index in [1.807, 2.05) is 0 Å². The van der Waals surface area contributed by atoms with Crippen LogP contribution < -0.4 is 10.1 Å². The van der Waals surface area contributed by atoms with Gasteiger partial charge in [0.05, 0.1) is 0 Å². The fourth-order valence-corrected chi connectivity index (χ4v) is 1.48. The first-order chi connectivity index (χ1) is 8.88. The first-order valence-electron chi connectivity index (χ1n) is 5.61. The zero-order valence-corrected chi connectivity index (χ0v) is 10.2.